The Hall–Kier alpha value is -4.58. The molecule has 0 atom stereocenters. The molecule has 10 nitrogen and oxygen atoms in total. The number of carbonyl (C=O) groups excluding carboxylic acids is 1. The topological polar surface area (TPSA) is 120 Å². The van der Waals surface area contributed by atoms with E-state index in [1.54, 1.807) is 66.7 Å². The predicted molar refractivity (Wildman–Crippen MR) is 167 cm³/mol. The summed E-state index contributed by atoms with van der Waals surface area (Å²) in [5.41, 5.74) is 2.07. The van der Waals surface area contributed by atoms with E-state index in [4.69, 9.17) is 37.1 Å². The molecule has 1 saturated heterocycles. The highest BCUT2D eigenvalue weighted by Crippen LogP contribution is 2.36. The Morgan fingerprint density at radius 2 is 1.84 bits per heavy atom. The summed E-state index contributed by atoms with van der Waals surface area (Å²) in [6.07, 6.45) is 4.71. The second-order valence-electron chi connectivity index (χ2n) is 8.99. The second kappa shape index (κ2) is 13.6. The number of nitro benzene ring substituents is 1. The Bertz CT molecular complexity index is 1740. The first-order valence-corrected chi connectivity index (χ1v) is 14.2. The molecule has 4 aromatic rings. The van der Waals surface area contributed by atoms with Crippen LogP contribution in [0.15, 0.2) is 98.6 Å². The molecule has 43 heavy (non-hydrogen) atoms. The number of hydrogen-bond acceptors (Lipinski definition) is 9. The number of amides is 1. The first-order valence-electron chi connectivity index (χ1n) is 12.6. The van der Waals surface area contributed by atoms with Gasteiger partial charge in [-0.05, 0) is 77.5 Å². The van der Waals surface area contributed by atoms with Crippen LogP contribution in [0, 0.1) is 10.1 Å². The van der Waals surface area contributed by atoms with Gasteiger partial charge in [0.15, 0.2) is 16.7 Å². The molecule has 0 saturated carbocycles. The molecular formula is C30H22Cl2N4O6S. The van der Waals surface area contributed by atoms with Crippen LogP contribution in [0.2, 0.25) is 10.0 Å². The average Bonchev–Trinajstić information content (AvgIpc) is 3.61. The quantitative estimate of drug-likeness (QED) is 0.0761. The summed E-state index contributed by atoms with van der Waals surface area (Å²) in [4.78, 5) is 25.7. The van der Waals surface area contributed by atoms with Crippen LogP contribution in [0.4, 0.5) is 5.69 Å². The highest BCUT2D eigenvalue weighted by atomic mass is 35.5. The van der Waals surface area contributed by atoms with Crippen molar-refractivity contribution >= 4 is 64.0 Å². The lowest BCUT2D eigenvalue weighted by Crippen LogP contribution is -2.28. The number of amidine groups is 1. The van der Waals surface area contributed by atoms with Crippen LogP contribution in [0.1, 0.15) is 22.5 Å². The summed E-state index contributed by atoms with van der Waals surface area (Å²) in [6, 6.07) is 19.9. The van der Waals surface area contributed by atoms with Crippen LogP contribution in [0.3, 0.4) is 0 Å². The molecule has 0 unspecified atom stereocenters. The minimum atomic E-state index is -0.476. The molecule has 1 aliphatic rings. The third kappa shape index (κ3) is 7.44. The van der Waals surface area contributed by atoms with Crippen molar-refractivity contribution < 1.29 is 23.6 Å². The highest BCUT2D eigenvalue weighted by molar-refractivity contribution is 8.18. The first-order chi connectivity index (χ1) is 20.8. The third-order valence-electron chi connectivity index (χ3n) is 6.12. The van der Waals surface area contributed by atoms with Crippen molar-refractivity contribution in [2.24, 2.45) is 10.2 Å². The molecule has 0 bridgehead atoms. The number of halogens is 2. The van der Waals surface area contributed by atoms with Gasteiger partial charge in [0.05, 0.1) is 36.0 Å². The molecule has 0 N–H and O–H groups in total. The van der Waals surface area contributed by atoms with Crippen molar-refractivity contribution in [2.45, 2.75) is 13.2 Å². The molecule has 5 rings (SSSR count). The summed E-state index contributed by atoms with van der Waals surface area (Å²) in [7, 11) is 1.53. The Kier molecular flexibility index (Phi) is 9.45. The molecule has 0 aliphatic carbocycles. The van der Waals surface area contributed by atoms with Crippen LogP contribution in [-0.4, -0.2) is 34.2 Å². The minimum absolute atomic E-state index is 0.0259. The number of ether oxygens (including phenoxy) is 2. The molecule has 1 aliphatic heterocycles. The number of benzene rings is 3. The van der Waals surface area contributed by atoms with E-state index in [0.717, 1.165) is 17.3 Å². The normalized spacial score (nSPS) is 15.1. The van der Waals surface area contributed by atoms with Gasteiger partial charge in [0, 0.05) is 27.7 Å². The Balaban J connectivity index is 1.36. The van der Waals surface area contributed by atoms with E-state index in [2.05, 4.69) is 10.2 Å². The molecule has 0 spiro atoms. The molecule has 1 fully saturated rings. The Morgan fingerprint density at radius 3 is 2.53 bits per heavy atom. The fourth-order valence-corrected chi connectivity index (χ4v) is 5.34. The van der Waals surface area contributed by atoms with Gasteiger partial charge in [-0.15, -0.1) is 5.10 Å². The maximum absolute atomic E-state index is 13.4. The average molecular weight is 638 g/mol. The van der Waals surface area contributed by atoms with Gasteiger partial charge in [0.1, 0.15) is 12.4 Å². The van der Waals surface area contributed by atoms with Crippen molar-refractivity contribution in [1.29, 1.82) is 0 Å². The van der Waals surface area contributed by atoms with Gasteiger partial charge in [-0.25, -0.2) is 0 Å². The van der Waals surface area contributed by atoms with Gasteiger partial charge in [0.2, 0.25) is 0 Å². The van der Waals surface area contributed by atoms with E-state index in [1.165, 1.54) is 36.6 Å². The second-order valence-corrected chi connectivity index (χ2v) is 10.8. The van der Waals surface area contributed by atoms with Crippen molar-refractivity contribution in [3.8, 4) is 11.5 Å². The van der Waals surface area contributed by atoms with Gasteiger partial charge in [-0.3, -0.25) is 19.8 Å². The molecule has 3 aromatic carbocycles. The number of nitro groups is 1. The van der Waals surface area contributed by atoms with Crippen molar-refractivity contribution in [1.82, 2.24) is 4.90 Å². The first kappa shape index (κ1) is 29.9. The molecule has 2 heterocycles. The lowest BCUT2D eigenvalue weighted by molar-refractivity contribution is -0.384. The summed E-state index contributed by atoms with van der Waals surface area (Å²) in [5, 5.41) is 20.7. The smallest absolute Gasteiger partial charge is 0.269 e. The number of thioether (sulfide) groups is 1. The van der Waals surface area contributed by atoms with Gasteiger partial charge in [-0.2, -0.15) is 5.10 Å². The molecule has 1 amide bonds. The summed E-state index contributed by atoms with van der Waals surface area (Å²) >= 11 is 13.4. The number of hydrogen-bond donors (Lipinski definition) is 0. The lowest BCUT2D eigenvalue weighted by Gasteiger charge is -2.13. The fourth-order valence-electron chi connectivity index (χ4n) is 3.95. The number of non-ortho nitro benzene ring substituents is 1. The van der Waals surface area contributed by atoms with Gasteiger partial charge >= 0.3 is 0 Å². The number of nitrogens with zero attached hydrogens (tertiary/aromatic N) is 4. The minimum Gasteiger partial charge on any atom is -0.493 e. The van der Waals surface area contributed by atoms with E-state index in [9.17, 15) is 14.9 Å². The molecule has 0 radical (unpaired) electrons. The van der Waals surface area contributed by atoms with Gasteiger partial charge in [-0.1, -0.05) is 35.3 Å². The number of rotatable bonds is 10. The van der Waals surface area contributed by atoms with Gasteiger partial charge < -0.3 is 13.9 Å². The van der Waals surface area contributed by atoms with Crippen LogP contribution in [0.25, 0.3) is 6.08 Å². The lowest BCUT2D eigenvalue weighted by atomic mass is 10.1. The maximum atomic E-state index is 13.4. The predicted octanol–water partition coefficient (Wildman–Crippen LogP) is 7.59. The third-order valence-corrected chi connectivity index (χ3v) is 7.70. The van der Waals surface area contributed by atoms with E-state index >= 15 is 0 Å². The highest BCUT2D eigenvalue weighted by Gasteiger charge is 2.34. The van der Waals surface area contributed by atoms with E-state index < -0.39 is 4.92 Å². The zero-order valence-electron chi connectivity index (χ0n) is 22.5. The molecule has 13 heteroatoms. The molecule has 1 aromatic heterocycles. The Labute approximate surface area is 260 Å². The van der Waals surface area contributed by atoms with Crippen LogP contribution < -0.4 is 9.47 Å². The largest absolute Gasteiger partial charge is 0.493 e. The van der Waals surface area contributed by atoms with Crippen LogP contribution in [-0.2, 0) is 17.9 Å². The summed E-state index contributed by atoms with van der Waals surface area (Å²) < 4.78 is 16.9. The van der Waals surface area contributed by atoms with E-state index in [-0.39, 0.29) is 24.7 Å². The summed E-state index contributed by atoms with van der Waals surface area (Å²) in [5.74, 6) is 1.28. The van der Waals surface area contributed by atoms with E-state index in [0.29, 0.717) is 48.5 Å². The zero-order valence-corrected chi connectivity index (χ0v) is 24.8. The molecule has 218 valence electrons. The number of methoxy groups -OCH3 is 1. The zero-order chi connectivity index (χ0) is 30.3. The SMILES string of the molecule is COc1cc(/C=C2\S/C(=N\N=C\c3ccc([N+](=O)[O-])cc3)N(Cc3ccco3)C2=O)ccc1OCc1ccc(Cl)cc1Cl. The van der Waals surface area contributed by atoms with Crippen molar-refractivity contribution in [2.75, 3.05) is 7.11 Å². The van der Waals surface area contributed by atoms with Crippen molar-refractivity contribution in [3.05, 3.63) is 127 Å². The molecular weight excluding hydrogens is 615 g/mol. The number of furan rings is 1. The Morgan fingerprint density at radius 1 is 1.05 bits per heavy atom. The van der Waals surface area contributed by atoms with E-state index in [1.807, 2.05) is 0 Å². The van der Waals surface area contributed by atoms with Crippen molar-refractivity contribution in [3.63, 3.8) is 0 Å². The van der Waals surface area contributed by atoms with Gasteiger partial charge in [0.25, 0.3) is 11.6 Å². The van der Waals surface area contributed by atoms with Crippen LogP contribution in [0.5, 0.6) is 11.5 Å². The summed E-state index contributed by atoms with van der Waals surface area (Å²) in [6.45, 7) is 0.370. The number of carbonyl (C=O) groups is 1. The monoisotopic (exact) mass is 636 g/mol. The maximum Gasteiger partial charge on any atom is 0.269 e. The standard InChI is InChI=1S/C30H22Cl2N4O6S/c1-40-27-13-20(6-11-26(27)42-18-21-7-8-22(31)15-25(21)32)14-28-29(37)35(17-24-3-2-12-41-24)30(43-28)34-33-16-19-4-9-23(10-5-19)36(38)39/h2-16H,17-18H2,1H3/b28-14-,33-16+,34-30-. The fraction of sp³-hybridized carbons (Fsp3) is 0.100. The van der Waals surface area contributed by atoms with Crippen LogP contribution >= 0.6 is 35.0 Å².